The van der Waals surface area contributed by atoms with Gasteiger partial charge in [0.25, 0.3) is 0 Å². The van der Waals surface area contributed by atoms with Crippen LogP contribution in [0.1, 0.15) is 12.1 Å². The number of imidazole rings is 1. The Hall–Kier alpha value is -1.49. The van der Waals surface area contributed by atoms with E-state index < -0.39 is 0 Å². The average Bonchev–Trinajstić information content (AvgIpc) is 2.95. The SMILES string of the molecule is O=C1CC(CS)CN1Cc1cnc2ccccn12. The molecule has 1 atom stereocenters. The minimum atomic E-state index is 0.222. The van der Waals surface area contributed by atoms with Gasteiger partial charge in [-0.05, 0) is 23.8 Å². The summed E-state index contributed by atoms with van der Waals surface area (Å²) in [5, 5.41) is 0. The minimum Gasteiger partial charge on any atom is -0.336 e. The van der Waals surface area contributed by atoms with Gasteiger partial charge < -0.3 is 9.30 Å². The first-order valence-electron chi connectivity index (χ1n) is 6.07. The first kappa shape index (κ1) is 11.6. The van der Waals surface area contributed by atoms with E-state index in [0.717, 1.165) is 23.6 Å². The molecule has 3 rings (SSSR count). The van der Waals surface area contributed by atoms with E-state index in [1.807, 2.05) is 39.9 Å². The number of aromatic nitrogens is 2. The number of hydrogen-bond donors (Lipinski definition) is 1. The van der Waals surface area contributed by atoms with Crippen molar-refractivity contribution in [2.75, 3.05) is 12.3 Å². The summed E-state index contributed by atoms with van der Waals surface area (Å²) < 4.78 is 2.03. The predicted octanol–water partition coefficient (Wildman–Crippen LogP) is 1.61. The maximum absolute atomic E-state index is 11.9. The Morgan fingerprint density at radius 3 is 3.11 bits per heavy atom. The second-order valence-electron chi connectivity index (χ2n) is 4.71. The first-order valence-corrected chi connectivity index (χ1v) is 6.71. The first-order chi connectivity index (χ1) is 8.78. The van der Waals surface area contributed by atoms with E-state index in [9.17, 15) is 4.79 Å². The molecule has 1 aliphatic heterocycles. The van der Waals surface area contributed by atoms with Crippen LogP contribution in [0.5, 0.6) is 0 Å². The molecule has 0 bridgehead atoms. The topological polar surface area (TPSA) is 37.6 Å². The van der Waals surface area contributed by atoms with Gasteiger partial charge in [-0.25, -0.2) is 4.98 Å². The molecule has 1 saturated heterocycles. The molecule has 0 radical (unpaired) electrons. The quantitative estimate of drug-likeness (QED) is 0.852. The van der Waals surface area contributed by atoms with Crippen LogP contribution in [-0.4, -0.2) is 32.5 Å². The molecule has 0 spiro atoms. The Kier molecular flexibility index (Phi) is 2.99. The molecule has 1 amide bonds. The Morgan fingerprint density at radius 1 is 1.44 bits per heavy atom. The van der Waals surface area contributed by atoms with Gasteiger partial charge in [0.1, 0.15) is 5.65 Å². The number of carbonyl (C=O) groups is 1. The molecule has 4 nitrogen and oxygen atoms in total. The number of nitrogens with zero attached hydrogens (tertiary/aromatic N) is 3. The van der Waals surface area contributed by atoms with Gasteiger partial charge in [-0.1, -0.05) is 6.07 Å². The molecular formula is C13H15N3OS. The fourth-order valence-corrected chi connectivity index (χ4v) is 2.67. The van der Waals surface area contributed by atoms with Crippen LogP contribution in [0.25, 0.3) is 5.65 Å². The van der Waals surface area contributed by atoms with Gasteiger partial charge in [-0.2, -0.15) is 12.6 Å². The molecule has 18 heavy (non-hydrogen) atoms. The van der Waals surface area contributed by atoms with Gasteiger partial charge in [-0.3, -0.25) is 4.79 Å². The zero-order valence-electron chi connectivity index (χ0n) is 9.99. The summed E-state index contributed by atoms with van der Waals surface area (Å²) in [7, 11) is 0. The van der Waals surface area contributed by atoms with E-state index in [1.54, 1.807) is 0 Å². The summed E-state index contributed by atoms with van der Waals surface area (Å²) in [5.41, 5.74) is 1.98. The highest BCUT2D eigenvalue weighted by Crippen LogP contribution is 2.21. The lowest BCUT2D eigenvalue weighted by molar-refractivity contribution is -0.128. The van der Waals surface area contributed by atoms with Crippen molar-refractivity contribution in [3.05, 3.63) is 36.3 Å². The third-order valence-corrected chi connectivity index (χ3v) is 3.92. The van der Waals surface area contributed by atoms with Crippen LogP contribution >= 0.6 is 12.6 Å². The molecular weight excluding hydrogens is 246 g/mol. The lowest BCUT2D eigenvalue weighted by atomic mass is 10.1. The fourth-order valence-electron chi connectivity index (χ4n) is 2.43. The molecule has 5 heteroatoms. The lowest BCUT2D eigenvalue weighted by Crippen LogP contribution is -2.25. The van der Waals surface area contributed by atoms with Crippen LogP contribution in [0.4, 0.5) is 0 Å². The minimum absolute atomic E-state index is 0.222. The number of thiol groups is 1. The van der Waals surface area contributed by atoms with Gasteiger partial charge in [-0.15, -0.1) is 0 Å². The number of hydrogen-bond acceptors (Lipinski definition) is 3. The summed E-state index contributed by atoms with van der Waals surface area (Å²) in [5.74, 6) is 1.38. The molecule has 94 valence electrons. The summed E-state index contributed by atoms with van der Waals surface area (Å²) >= 11 is 4.27. The Bertz CT molecular complexity index is 580. The van der Waals surface area contributed by atoms with Gasteiger partial charge in [0.15, 0.2) is 0 Å². The Balaban J connectivity index is 1.83. The molecule has 0 aromatic carbocycles. The Morgan fingerprint density at radius 2 is 2.33 bits per heavy atom. The van der Waals surface area contributed by atoms with Crippen molar-refractivity contribution >= 4 is 24.2 Å². The molecule has 1 fully saturated rings. The van der Waals surface area contributed by atoms with E-state index in [2.05, 4.69) is 17.6 Å². The maximum atomic E-state index is 11.9. The number of amides is 1. The molecule has 0 saturated carbocycles. The van der Waals surface area contributed by atoms with Gasteiger partial charge in [0.05, 0.1) is 18.4 Å². The fraction of sp³-hybridized carbons (Fsp3) is 0.385. The summed E-state index contributed by atoms with van der Waals surface area (Å²) in [4.78, 5) is 18.1. The second kappa shape index (κ2) is 4.65. The van der Waals surface area contributed by atoms with Crippen LogP contribution in [0.2, 0.25) is 0 Å². The largest absolute Gasteiger partial charge is 0.336 e. The van der Waals surface area contributed by atoms with E-state index in [-0.39, 0.29) is 5.91 Å². The van der Waals surface area contributed by atoms with Crippen LogP contribution in [0, 0.1) is 5.92 Å². The maximum Gasteiger partial charge on any atom is 0.223 e. The van der Waals surface area contributed by atoms with Gasteiger partial charge in [0, 0.05) is 19.2 Å². The van der Waals surface area contributed by atoms with Crippen LogP contribution in [0.15, 0.2) is 30.6 Å². The van der Waals surface area contributed by atoms with Crippen molar-refractivity contribution in [3.63, 3.8) is 0 Å². The molecule has 2 aromatic rings. The zero-order chi connectivity index (χ0) is 12.5. The molecule has 1 unspecified atom stereocenters. The van der Waals surface area contributed by atoms with E-state index in [0.29, 0.717) is 18.9 Å². The number of rotatable bonds is 3. The van der Waals surface area contributed by atoms with E-state index >= 15 is 0 Å². The monoisotopic (exact) mass is 261 g/mol. The third kappa shape index (κ3) is 1.99. The molecule has 0 N–H and O–H groups in total. The van der Waals surface area contributed by atoms with Gasteiger partial charge in [0.2, 0.25) is 5.91 Å². The lowest BCUT2D eigenvalue weighted by Gasteiger charge is -2.15. The van der Waals surface area contributed by atoms with Crippen LogP contribution < -0.4 is 0 Å². The highest BCUT2D eigenvalue weighted by Gasteiger charge is 2.28. The highest BCUT2D eigenvalue weighted by atomic mass is 32.1. The molecule has 2 aromatic heterocycles. The number of carbonyl (C=O) groups excluding carboxylic acids is 1. The summed E-state index contributed by atoms with van der Waals surface area (Å²) in [6, 6.07) is 5.90. The molecule has 0 aliphatic carbocycles. The van der Waals surface area contributed by atoms with Crippen molar-refractivity contribution in [2.24, 2.45) is 5.92 Å². The highest BCUT2D eigenvalue weighted by molar-refractivity contribution is 7.80. The number of fused-ring (bicyclic) bond motifs is 1. The van der Waals surface area contributed by atoms with E-state index in [1.165, 1.54) is 0 Å². The average molecular weight is 261 g/mol. The van der Waals surface area contributed by atoms with Crippen molar-refractivity contribution in [2.45, 2.75) is 13.0 Å². The van der Waals surface area contributed by atoms with Crippen molar-refractivity contribution < 1.29 is 4.79 Å². The third-order valence-electron chi connectivity index (χ3n) is 3.40. The van der Waals surface area contributed by atoms with Crippen LogP contribution in [0.3, 0.4) is 0 Å². The predicted molar refractivity (Wildman–Crippen MR) is 72.6 cm³/mol. The summed E-state index contributed by atoms with van der Waals surface area (Å²) in [6.45, 7) is 1.44. The number of pyridine rings is 1. The van der Waals surface area contributed by atoms with Crippen molar-refractivity contribution in [1.29, 1.82) is 0 Å². The Labute approximate surface area is 111 Å². The summed E-state index contributed by atoms with van der Waals surface area (Å²) in [6.07, 6.45) is 4.45. The van der Waals surface area contributed by atoms with Crippen LogP contribution in [-0.2, 0) is 11.3 Å². The smallest absolute Gasteiger partial charge is 0.223 e. The van der Waals surface area contributed by atoms with Gasteiger partial charge >= 0.3 is 0 Å². The molecule has 3 heterocycles. The standard InChI is InChI=1S/C13H15N3OS/c17-13-5-10(9-18)7-15(13)8-11-6-14-12-3-1-2-4-16(11)12/h1-4,6,10,18H,5,7-9H2. The number of likely N-dealkylation sites (tertiary alicyclic amines) is 1. The second-order valence-corrected chi connectivity index (χ2v) is 5.07. The normalized spacial score (nSPS) is 19.9. The zero-order valence-corrected chi connectivity index (χ0v) is 10.9. The van der Waals surface area contributed by atoms with E-state index in [4.69, 9.17) is 0 Å². The van der Waals surface area contributed by atoms with Crippen molar-refractivity contribution in [3.8, 4) is 0 Å². The molecule has 1 aliphatic rings. The van der Waals surface area contributed by atoms with Crippen molar-refractivity contribution in [1.82, 2.24) is 14.3 Å².